The van der Waals surface area contributed by atoms with E-state index >= 15 is 0 Å². The van der Waals surface area contributed by atoms with E-state index in [1.807, 2.05) is 18.9 Å². The van der Waals surface area contributed by atoms with Gasteiger partial charge < -0.3 is 14.5 Å². The summed E-state index contributed by atoms with van der Waals surface area (Å²) in [6.45, 7) is 7.61. The lowest BCUT2D eigenvalue weighted by Crippen LogP contribution is -2.56. The van der Waals surface area contributed by atoms with Gasteiger partial charge in [0.2, 0.25) is 0 Å². The molecule has 1 amide bonds. The van der Waals surface area contributed by atoms with Crippen molar-refractivity contribution in [3.05, 3.63) is 5.82 Å². The smallest absolute Gasteiger partial charge is 0.409 e. The Labute approximate surface area is 178 Å². The molecule has 0 aromatic carbocycles. The maximum Gasteiger partial charge on any atom is 0.409 e. The van der Waals surface area contributed by atoms with Gasteiger partial charge in [-0.2, -0.15) is 4.80 Å². The largest absolute Gasteiger partial charge is 0.450 e. The van der Waals surface area contributed by atoms with E-state index < -0.39 is 0 Å². The van der Waals surface area contributed by atoms with Gasteiger partial charge in [0.1, 0.15) is 0 Å². The number of hydrogen-bond acceptors (Lipinski definition) is 7. The van der Waals surface area contributed by atoms with E-state index in [9.17, 15) is 4.79 Å². The van der Waals surface area contributed by atoms with Crippen molar-refractivity contribution >= 4 is 6.09 Å². The third-order valence-electron chi connectivity index (χ3n) is 7.90. The zero-order chi connectivity index (χ0) is 20.7. The van der Waals surface area contributed by atoms with Crippen molar-refractivity contribution in [1.29, 1.82) is 0 Å². The van der Waals surface area contributed by atoms with Crippen molar-refractivity contribution in [2.24, 2.45) is 12.5 Å². The minimum atomic E-state index is -0.128. The molecule has 3 aliphatic heterocycles. The molecule has 9 nitrogen and oxygen atoms in total. The molecule has 4 heterocycles. The molecule has 30 heavy (non-hydrogen) atoms. The van der Waals surface area contributed by atoms with Crippen LogP contribution < -0.4 is 0 Å². The molecule has 1 atom stereocenters. The lowest BCUT2D eigenvalue weighted by molar-refractivity contribution is -0.0176. The molecular weight excluding hydrogens is 382 g/mol. The van der Waals surface area contributed by atoms with Gasteiger partial charge in [0, 0.05) is 25.2 Å². The van der Waals surface area contributed by atoms with Gasteiger partial charge in [0.05, 0.1) is 19.7 Å². The van der Waals surface area contributed by atoms with Crippen LogP contribution in [0.3, 0.4) is 0 Å². The number of carbonyl (C=O) groups excluding carboxylic acids is 1. The summed E-state index contributed by atoms with van der Waals surface area (Å²) < 4.78 is 5.19. The lowest BCUT2D eigenvalue weighted by atomic mass is 9.64. The zero-order valence-electron chi connectivity index (χ0n) is 18.4. The highest BCUT2D eigenvalue weighted by Crippen LogP contribution is 2.50. The molecule has 5 rings (SSSR count). The number of hydrogen-bond donors (Lipinski definition) is 0. The number of aryl methyl sites for hydroxylation is 1. The maximum absolute atomic E-state index is 12.0. The summed E-state index contributed by atoms with van der Waals surface area (Å²) in [5, 5.41) is 12.8. The standard InChI is InChI=1S/C21H35N7O2/c1-3-30-20(29)27-12-8-21(15-27)13-17(14-21)26-10-6-16(7-11-26)28-9-4-5-18(28)19-22-24-25(2)23-19/h16-18H,3-15H2,1-2H3. The summed E-state index contributed by atoms with van der Waals surface area (Å²) in [6.07, 6.45) is 8.33. The molecule has 0 bridgehead atoms. The van der Waals surface area contributed by atoms with Gasteiger partial charge in [0.25, 0.3) is 0 Å². The molecule has 3 saturated heterocycles. The van der Waals surface area contributed by atoms with Crippen molar-refractivity contribution in [2.45, 2.75) is 70.0 Å². The molecule has 1 saturated carbocycles. The van der Waals surface area contributed by atoms with Crippen LogP contribution in [0.1, 0.15) is 63.7 Å². The maximum atomic E-state index is 12.0. The molecule has 1 spiro atoms. The highest BCUT2D eigenvalue weighted by molar-refractivity contribution is 5.68. The van der Waals surface area contributed by atoms with E-state index in [4.69, 9.17) is 4.74 Å². The molecule has 1 aromatic heterocycles. The Morgan fingerprint density at radius 1 is 1.13 bits per heavy atom. The number of aromatic nitrogens is 4. The van der Waals surface area contributed by atoms with Gasteiger partial charge in [-0.1, -0.05) is 0 Å². The van der Waals surface area contributed by atoms with Crippen LogP contribution in [-0.2, 0) is 11.8 Å². The molecule has 0 radical (unpaired) electrons. The summed E-state index contributed by atoms with van der Waals surface area (Å²) in [5.74, 6) is 0.894. The number of tetrazole rings is 1. The van der Waals surface area contributed by atoms with Gasteiger partial charge in [-0.05, 0) is 82.1 Å². The predicted molar refractivity (Wildman–Crippen MR) is 111 cm³/mol. The Kier molecular flexibility index (Phi) is 5.43. The number of carbonyl (C=O) groups is 1. The van der Waals surface area contributed by atoms with Crippen LogP contribution in [-0.4, -0.2) is 92.4 Å². The molecule has 1 aromatic rings. The SMILES string of the molecule is CCOC(=O)N1CCC2(CC(N3CCC(N4CCCC4c4nnn(C)n4)CC3)C2)C1. The molecular formula is C21H35N7O2. The van der Waals surface area contributed by atoms with E-state index in [1.54, 1.807) is 4.80 Å². The first-order chi connectivity index (χ1) is 14.6. The van der Waals surface area contributed by atoms with Gasteiger partial charge in [0.15, 0.2) is 5.82 Å². The van der Waals surface area contributed by atoms with Gasteiger partial charge in [-0.3, -0.25) is 4.90 Å². The summed E-state index contributed by atoms with van der Waals surface area (Å²) in [4.78, 5) is 20.9. The summed E-state index contributed by atoms with van der Waals surface area (Å²) in [5.41, 5.74) is 0.353. The van der Waals surface area contributed by atoms with Crippen molar-refractivity contribution < 1.29 is 9.53 Å². The van der Waals surface area contributed by atoms with Crippen molar-refractivity contribution in [3.8, 4) is 0 Å². The zero-order valence-corrected chi connectivity index (χ0v) is 18.4. The number of rotatable bonds is 4. The average molecular weight is 418 g/mol. The number of nitrogens with zero attached hydrogens (tertiary/aromatic N) is 7. The van der Waals surface area contributed by atoms with E-state index in [2.05, 4.69) is 25.2 Å². The second kappa shape index (κ2) is 8.07. The Morgan fingerprint density at radius 3 is 2.63 bits per heavy atom. The van der Waals surface area contributed by atoms with Crippen molar-refractivity contribution in [1.82, 2.24) is 34.9 Å². The summed E-state index contributed by atoms with van der Waals surface area (Å²) >= 11 is 0. The van der Waals surface area contributed by atoms with Gasteiger partial charge in [-0.25, -0.2) is 4.79 Å². The first kappa shape index (κ1) is 20.2. The van der Waals surface area contributed by atoms with Crippen LogP contribution in [0.25, 0.3) is 0 Å². The van der Waals surface area contributed by atoms with Gasteiger partial charge >= 0.3 is 6.09 Å². The molecule has 0 N–H and O–H groups in total. The summed E-state index contributed by atoms with van der Waals surface area (Å²) in [7, 11) is 1.84. The molecule has 9 heteroatoms. The Hall–Kier alpha value is -1.74. The minimum Gasteiger partial charge on any atom is -0.450 e. The fraction of sp³-hybridized carbons (Fsp3) is 0.905. The van der Waals surface area contributed by atoms with Crippen LogP contribution in [0.15, 0.2) is 0 Å². The number of piperidine rings is 1. The van der Waals surface area contributed by atoms with Crippen LogP contribution in [0.5, 0.6) is 0 Å². The topological polar surface area (TPSA) is 79.6 Å². The summed E-state index contributed by atoms with van der Waals surface area (Å²) in [6, 6.07) is 1.68. The third kappa shape index (κ3) is 3.70. The molecule has 4 aliphatic rings. The first-order valence-electron chi connectivity index (χ1n) is 11.7. The van der Waals surface area contributed by atoms with Crippen LogP contribution in [0, 0.1) is 5.41 Å². The first-order valence-corrected chi connectivity index (χ1v) is 11.7. The second-order valence-electron chi connectivity index (χ2n) is 9.73. The minimum absolute atomic E-state index is 0.128. The van der Waals surface area contributed by atoms with Crippen LogP contribution in [0.2, 0.25) is 0 Å². The Bertz CT molecular complexity index is 754. The van der Waals surface area contributed by atoms with E-state index in [1.165, 1.54) is 45.2 Å². The highest BCUT2D eigenvalue weighted by atomic mass is 16.6. The highest BCUT2D eigenvalue weighted by Gasteiger charge is 2.51. The quantitative estimate of drug-likeness (QED) is 0.739. The van der Waals surface area contributed by atoms with E-state index in [0.29, 0.717) is 30.1 Å². The second-order valence-corrected chi connectivity index (χ2v) is 9.73. The van der Waals surface area contributed by atoms with Gasteiger partial charge in [-0.15, -0.1) is 10.2 Å². The van der Waals surface area contributed by atoms with E-state index in [0.717, 1.165) is 38.3 Å². The normalized spacial score (nSPS) is 33.3. The van der Waals surface area contributed by atoms with Crippen molar-refractivity contribution in [3.63, 3.8) is 0 Å². The fourth-order valence-corrected chi connectivity index (χ4v) is 6.36. The number of ether oxygens (including phenoxy) is 1. The predicted octanol–water partition coefficient (Wildman–Crippen LogP) is 1.82. The van der Waals surface area contributed by atoms with Crippen LogP contribution >= 0.6 is 0 Å². The number of likely N-dealkylation sites (tertiary alicyclic amines) is 3. The average Bonchev–Trinajstić information content (AvgIpc) is 3.46. The molecule has 1 unspecified atom stereocenters. The van der Waals surface area contributed by atoms with Crippen molar-refractivity contribution in [2.75, 3.05) is 39.3 Å². The molecule has 166 valence electrons. The number of amides is 1. The molecule has 4 fully saturated rings. The third-order valence-corrected chi connectivity index (χ3v) is 7.90. The van der Waals surface area contributed by atoms with Crippen LogP contribution in [0.4, 0.5) is 4.79 Å². The Balaban J connectivity index is 1.10. The monoisotopic (exact) mass is 417 g/mol. The van der Waals surface area contributed by atoms with E-state index in [-0.39, 0.29) is 6.09 Å². The lowest BCUT2D eigenvalue weighted by Gasteiger charge is -2.52. The fourth-order valence-electron chi connectivity index (χ4n) is 6.36. The molecule has 1 aliphatic carbocycles. The Morgan fingerprint density at radius 2 is 1.93 bits per heavy atom.